The number of aromatic amines is 1. The third-order valence-corrected chi connectivity index (χ3v) is 8.73. The number of aromatic nitrogens is 3. The number of ether oxygens (including phenoxy) is 2. The van der Waals surface area contributed by atoms with Crippen molar-refractivity contribution in [2.75, 3.05) is 10.5 Å². The molecule has 1 aromatic heterocycles. The summed E-state index contributed by atoms with van der Waals surface area (Å²) in [5.74, 6) is 0.614. The summed E-state index contributed by atoms with van der Waals surface area (Å²) in [6.45, 7) is 2.05. The van der Waals surface area contributed by atoms with Crippen molar-refractivity contribution in [2.24, 2.45) is 5.92 Å². The first-order valence-electron chi connectivity index (χ1n) is 12.1. The zero-order valence-electron chi connectivity index (χ0n) is 20.6. The van der Waals surface area contributed by atoms with Crippen molar-refractivity contribution in [1.29, 1.82) is 0 Å². The fourth-order valence-electron chi connectivity index (χ4n) is 4.30. The molecule has 11 heteroatoms. The summed E-state index contributed by atoms with van der Waals surface area (Å²) in [5, 5.41) is 16.9. The van der Waals surface area contributed by atoms with E-state index in [1.54, 1.807) is 48.5 Å². The Morgan fingerprint density at radius 2 is 1.79 bits per heavy atom. The number of nitrogens with one attached hydrogen (secondary N) is 2. The van der Waals surface area contributed by atoms with E-state index in [1.165, 1.54) is 18.1 Å². The van der Waals surface area contributed by atoms with Crippen LogP contribution < -0.4 is 4.72 Å². The van der Waals surface area contributed by atoms with Gasteiger partial charge in [0.2, 0.25) is 0 Å². The van der Waals surface area contributed by atoms with Crippen molar-refractivity contribution in [2.45, 2.75) is 42.1 Å². The van der Waals surface area contributed by atoms with Crippen molar-refractivity contribution in [3.05, 3.63) is 102 Å². The average Bonchev–Trinajstić information content (AvgIpc) is 3.47. The van der Waals surface area contributed by atoms with E-state index >= 15 is 0 Å². The molecule has 2 heterocycles. The van der Waals surface area contributed by atoms with Crippen LogP contribution in [0.5, 0.6) is 0 Å². The van der Waals surface area contributed by atoms with E-state index < -0.39 is 16.3 Å². The Labute approximate surface area is 225 Å². The van der Waals surface area contributed by atoms with Gasteiger partial charge in [-0.25, -0.2) is 13.4 Å². The Morgan fingerprint density at radius 1 is 1.00 bits per heavy atom. The molecule has 198 valence electrons. The Bertz CT molecular complexity index is 1430. The van der Waals surface area contributed by atoms with E-state index in [4.69, 9.17) is 9.47 Å². The first kappa shape index (κ1) is 26.4. The van der Waals surface area contributed by atoms with E-state index in [0.29, 0.717) is 22.2 Å². The lowest BCUT2D eigenvalue weighted by Crippen LogP contribution is -2.38. The maximum atomic E-state index is 12.9. The molecule has 9 nitrogen and oxygen atoms in total. The molecule has 0 aliphatic carbocycles. The predicted octanol–water partition coefficient (Wildman–Crippen LogP) is 4.68. The molecule has 5 rings (SSSR count). The van der Waals surface area contributed by atoms with Crippen LogP contribution in [0.25, 0.3) is 0 Å². The van der Waals surface area contributed by atoms with Crippen LogP contribution in [0.1, 0.15) is 36.0 Å². The molecule has 1 fully saturated rings. The van der Waals surface area contributed by atoms with Gasteiger partial charge in [0.15, 0.2) is 11.4 Å². The van der Waals surface area contributed by atoms with Crippen LogP contribution in [0, 0.1) is 5.92 Å². The van der Waals surface area contributed by atoms with Crippen molar-refractivity contribution < 1.29 is 23.0 Å². The molecule has 0 unspecified atom stereocenters. The van der Waals surface area contributed by atoms with Crippen LogP contribution in [0.4, 0.5) is 5.69 Å². The van der Waals surface area contributed by atoms with Crippen LogP contribution in [-0.2, 0) is 26.1 Å². The zero-order valence-corrected chi connectivity index (χ0v) is 22.2. The number of benzene rings is 3. The van der Waals surface area contributed by atoms with Gasteiger partial charge >= 0.3 is 0 Å². The van der Waals surface area contributed by atoms with Crippen LogP contribution in [0.3, 0.4) is 0 Å². The summed E-state index contributed by atoms with van der Waals surface area (Å²) in [7, 11) is -3.75. The maximum absolute atomic E-state index is 12.9. The normalized spacial score (nSPS) is 21.7. The zero-order chi connectivity index (χ0) is 26.5. The predicted molar refractivity (Wildman–Crippen MR) is 144 cm³/mol. The molecule has 1 aliphatic rings. The van der Waals surface area contributed by atoms with E-state index in [2.05, 4.69) is 26.8 Å². The van der Waals surface area contributed by atoms with Crippen LogP contribution in [0.2, 0.25) is 0 Å². The second kappa shape index (κ2) is 11.7. The molecule has 1 aliphatic heterocycles. The van der Waals surface area contributed by atoms with E-state index in [-0.39, 0.29) is 29.6 Å². The molecule has 1 saturated heterocycles. The highest BCUT2D eigenvalue weighted by molar-refractivity contribution is 7.99. The second-order valence-electron chi connectivity index (χ2n) is 8.97. The minimum absolute atomic E-state index is 0.00131. The van der Waals surface area contributed by atoms with E-state index in [1.807, 2.05) is 30.3 Å². The molecule has 0 amide bonds. The summed E-state index contributed by atoms with van der Waals surface area (Å²) in [4.78, 5) is 4.37. The number of thioether (sulfide) groups is 1. The highest BCUT2D eigenvalue weighted by atomic mass is 32.2. The van der Waals surface area contributed by atoms with Gasteiger partial charge in [-0.05, 0) is 35.4 Å². The van der Waals surface area contributed by atoms with Crippen molar-refractivity contribution in [1.82, 2.24) is 15.2 Å². The quantitative estimate of drug-likeness (QED) is 0.256. The topological polar surface area (TPSA) is 126 Å². The van der Waals surface area contributed by atoms with Crippen molar-refractivity contribution in [3.63, 3.8) is 0 Å². The summed E-state index contributed by atoms with van der Waals surface area (Å²) >= 11 is 1.51. The number of sulfonamides is 1. The molecule has 3 aromatic carbocycles. The van der Waals surface area contributed by atoms with Gasteiger partial charge in [-0.3, -0.25) is 9.82 Å². The van der Waals surface area contributed by atoms with E-state index in [0.717, 1.165) is 11.1 Å². The lowest BCUT2D eigenvalue weighted by atomic mass is 9.91. The lowest BCUT2D eigenvalue weighted by Gasteiger charge is -2.41. The molecule has 38 heavy (non-hydrogen) atoms. The first-order chi connectivity index (χ1) is 18.4. The van der Waals surface area contributed by atoms with Gasteiger partial charge in [-0.1, -0.05) is 73.3 Å². The Balaban J connectivity index is 1.40. The number of rotatable bonds is 9. The minimum atomic E-state index is -3.75. The monoisotopic (exact) mass is 552 g/mol. The van der Waals surface area contributed by atoms with Crippen LogP contribution in [-0.4, -0.2) is 40.6 Å². The standard InChI is InChI=1S/C27H28N4O5S2/c1-18-24(16-37-27-28-17-29-30-27)35-26(36-25(18)20-12-10-19(15-32)11-13-20)21-6-5-7-22(14-21)31-38(33,34)23-8-3-2-4-9-23/h2-14,17-18,24-26,31-32H,15-16H2,1H3,(H,28,29,30)/t18-,24+,25+,26+/m0/s1. The fourth-order valence-corrected chi connectivity index (χ4v) is 6.31. The molecule has 0 bridgehead atoms. The van der Waals surface area contributed by atoms with Gasteiger partial charge in [0, 0.05) is 22.9 Å². The molecule has 4 aromatic rings. The SMILES string of the molecule is C[C@H]1[C@@H](CSc2ncn[nH]2)O[C@@H](c2cccc(NS(=O)(=O)c3ccccc3)c2)O[C@H]1c1ccc(CO)cc1. The third kappa shape index (κ3) is 6.08. The van der Waals surface area contributed by atoms with Gasteiger partial charge < -0.3 is 14.6 Å². The molecular weight excluding hydrogens is 524 g/mol. The fraction of sp³-hybridized carbons (Fsp3) is 0.259. The molecular formula is C27H28N4O5S2. The number of aliphatic hydroxyl groups is 1. The number of nitrogens with zero attached hydrogens (tertiary/aromatic N) is 2. The largest absolute Gasteiger partial charge is 0.392 e. The maximum Gasteiger partial charge on any atom is 0.261 e. The Hall–Kier alpha value is -3.22. The lowest BCUT2D eigenvalue weighted by molar-refractivity contribution is -0.268. The van der Waals surface area contributed by atoms with Gasteiger partial charge in [-0.15, -0.1) is 0 Å². The minimum Gasteiger partial charge on any atom is -0.392 e. The van der Waals surface area contributed by atoms with Gasteiger partial charge in [-0.2, -0.15) is 5.10 Å². The number of hydrogen-bond acceptors (Lipinski definition) is 8. The summed E-state index contributed by atoms with van der Waals surface area (Å²) in [6.07, 6.45) is 0.255. The number of aliphatic hydroxyl groups excluding tert-OH is 1. The number of anilines is 1. The highest BCUT2D eigenvalue weighted by Crippen LogP contribution is 2.43. The smallest absolute Gasteiger partial charge is 0.261 e. The Morgan fingerprint density at radius 3 is 2.50 bits per heavy atom. The number of H-pyrrole nitrogens is 1. The summed E-state index contributed by atoms with van der Waals surface area (Å²) < 4.78 is 41.3. The van der Waals surface area contributed by atoms with Crippen LogP contribution >= 0.6 is 11.8 Å². The number of hydrogen-bond donors (Lipinski definition) is 3. The molecule has 0 spiro atoms. The molecule has 3 N–H and O–H groups in total. The average molecular weight is 553 g/mol. The molecule has 4 atom stereocenters. The Kier molecular flexibility index (Phi) is 8.10. The molecule has 0 saturated carbocycles. The van der Waals surface area contributed by atoms with Crippen LogP contribution in [0.15, 0.2) is 95.2 Å². The highest BCUT2D eigenvalue weighted by Gasteiger charge is 2.38. The van der Waals surface area contributed by atoms with Crippen molar-refractivity contribution in [3.8, 4) is 0 Å². The van der Waals surface area contributed by atoms with Gasteiger partial charge in [0.05, 0.1) is 23.7 Å². The molecule has 0 radical (unpaired) electrons. The first-order valence-corrected chi connectivity index (χ1v) is 14.6. The van der Waals surface area contributed by atoms with E-state index in [9.17, 15) is 13.5 Å². The second-order valence-corrected chi connectivity index (χ2v) is 11.7. The van der Waals surface area contributed by atoms with Gasteiger partial charge in [0.25, 0.3) is 10.0 Å². The van der Waals surface area contributed by atoms with Gasteiger partial charge in [0.1, 0.15) is 6.33 Å². The summed E-state index contributed by atoms with van der Waals surface area (Å²) in [5.41, 5.74) is 2.89. The third-order valence-electron chi connectivity index (χ3n) is 6.37. The van der Waals surface area contributed by atoms with Crippen molar-refractivity contribution >= 4 is 27.5 Å². The summed E-state index contributed by atoms with van der Waals surface area (Å²) in [6, 6.07) is 22.9.